The van der Waals surface area contributed by atoms with Gasteiger partial charge in [0, 0.05) is 13.1 Å². The van der Waals surface area contributed by atoms with E-state index in [4.69, 9.17) is 9.73 Å². The fourth-order valence-corrected chi connectivity index (χ4v) is 3.70. The predicted octanol–water partition coefficient (Wildman–Crippen LogP) is 2.05. The van der Waals surface area contributed by atoms with Crippen molar-refractivity contribution >= 4 is 5.96 Å². The fraction of sp³-hybridized carbons (Fsp3) is 0.933. The zero-order chi connectivity index (χ0) is 13.1. The van der Waals surface area contributed by atoms with Crippen LogP contribution in [0.2, 0.25) is 0 Å². The summed E-state index contributed by atoms with van der Waals surface area (Å²) in [6.45, 7) is 4.04. The maximum absolute atomic E-state index is 5.90. The second-order valence-corrected chi connectivity index (χ2v) is 6.23. The molecule has 0 spiro atoms. The van der Waals surface area contributed by atoms with Gasteiger partial charge in [-0.25, -0.2) is 0 Å². The molecule has 3 unspecified atom stereocenters. The van der Waals surface area contributed by atoms with Crippen molar-refractivity contribution in [3.8, 4) is 0 Å². The number of nitrogens with one attached hydrogen (secondary N) is 2. The van der Waals surface area contributed by atoms with E-state index >= 15 is 0 Å². The topological polar surface area (TPSA) is 45.7 Å². The summed E-state index contributed by atoms with van der Waals surface area (Å²) in [5, 5.41) is 6.96. The number of rotatable bonds is 4. The highest BCUT2D eigenvalue weighted by atomic mass is 16.5. The lowest BCUT2D eigenvalue weighted by atomic mass is 9.96. The van der Waals surface area contributed by atoms with Crippen LogP contribution in [0.3, 0.4) is 0 Å². The lowest BCUT2D eigenvalue weighted by Gasteiger charge is -2.23. The van der Waals surface area contributed by atoms with E-state index in [1.807, 2.05) is 0 Å². The van der Waals surface area contributed by atoms with E-state index in [0.717, 1.165) is 31.4 Å². The maximum atomic E-state index is 5.90. The summed E-state index contributed by atoms with van der Waals surface area (Å²) in [4.78, 5) is 4.78. The lowest BCUT2D eigenvalue weighted by molar-refractivity contribution is 0.0992. The van der Waals surface area contributed by atoms with Crippen LogP contribution < -0.4 is 10.6 Å². The number of fused-ring (bicyclic) bond motifs is 2. The van der Waals surface area contributed by atoms with Gasteiger partial charge in [-0.3, -0.25) is 4.99 Å². The molecule has 2 N–H and O–H groups in total. The molecule has 108 valence electrons. The van der Waals surface area contributed by atoms with Gasteiger partial charge >= 0.3 is 0 Å². The first-order chi connectivity index (χ1) is 9.35. The van der Waals surface area contributed by atoms with Gasteiger partial charge in [-0.05, 0) is 44.9 Å². The Morgan fingerprint density at radius 2 is 2.05 bits per heavy atom. The van der Waals surface area contributed by atoms with Gasteiger partial charge in [0.25, 0.3) is 0 Å². The van der Waals surface area contributed by atoms with E-state index < -0.39 is 0 Å². The van der Waals surface area contributed by atoms with Crippen molar-refractivity contribution in [3.05, 3.63) is 0 Å². The average molecular weight is 265 g/mol. The number of ether oxygens (including phenoxy) is 1. The molecule has 0 amide bonds. The predicted molar refractivity (Wildman–Crippen MR) is 77.4 cm³/mol. The average Bonchev–Trinajstić information content (AvgIpc) is 3.13. The largest absolute Gasteiger partial charge is 0.373 e. The van der Waals surface area contributed by atoms with Crippen LogP contribution in [0.15, 0.2) is 4.99 Å². The van der Waals surface area contributed by atoms with Crippen molar-refractivity contribution in [3.63, 3.8) is 0 Å². The molecule has 0 aromatic heterocycles. The standard InChI is InChI=1S/C15H27N3O/c1-2-16-15(17-10-11-5-3-4-6-11)18-13-9-12-7-8-14(13)19-12/h11-14H,2-10H2,1H3,(H2,16,17,18). The number of guanidine groups is 1. The molecule has 2 heterocycles. The van der Waals surface area contributed by atoms with Gasteiger partial charge in [0.1, 0.15) is 0 Å². The van der Waals surface area contributed by atoms with E-state index in [1.165, 1.54) is 38.5 Å². The lowest BCUT2D eigenvalue weighted by Crippen LogP contribution is -2.47. The monoisotopic (exact) mass is 265 g/mol. The third kappa shape index (κ3) is 3.22. The smallest absolute Gasteiger partial charge is 0.191 e. The number of aliphatic imine (C=N–C) groups is 1. The third-order valence-electron chi connectivity index (χ3n) is 4.75. The van der Waals surface area contributed by atoms with Gasteiger partial charge in [-0.15, -0.1) is 0 Å². The van der Waals surface area contributed by atoms with Gasteiger partial charge < -0.3 is 15.4 Å². The van der Waals surface area contributed by atoms with Gasteiger partial charge in [-0.1, -0.05) is 12.8 Å². The number of hydrogen-bond donors (Lipinski definition) is 2. The number of nitrogens with zero attached hydrogens (tertiary/aromatic N) is 1. The minimum absolute atomic E-state index is 0.417. The Morgan fingerprint density at radius 3 is 2.68 bits per heavy atom. The van der Waals surface area contributed by atoms with Crippen LogP contribution in [0.25, 0.3) is 0 Å². The van der Waals surface area contributed by atoms with E-state index in [1.54, 1.807) is 0 Å². The molecule has 3 rings (SSSR count). The Bertz CT molecular complexity index is 325. The van der Waals surface area contributed by atoms with Crippen LogP contribution in [0, 0.1) is 5.92 Å². The molecular weight excluding hydrogens is 238 g/mol. The molecule has 2 saturated heterocycles. The van der Waals surface area contributed by atoms with Gasteiger partial charge in [0.2, 0.25) is 0 Å². The summed E-state index contributed by atoms with van der Waals surface area (Å²) in [5.41, 5.74) is 0. The summed E-state index contributed by atoms with van der Waals surface area (Å²) in [7, 11) is 0. The summed E-state index contributed by atoms with van der Waals surface area (Å²) in [5.74, 6) is 1.81. The van der Waals surface area contributed by atoms with Crippen molar-refractivity contribution in [2.45, 2.75) is 70.1 Å². The Kier molecular flexibility index (Phi) is 4.26. The molecule has 1 aliphatic carbocycles. The second kappa shape index (κ2) is 6.12. The molecule has 19 heavy (non-hydrogen) atoms. The zero-order valence-corrected chi connectivity index (χ0v) is 12.0. The van der Waals surface area contributed by atoms with Crippen molar-refractivity contribution in [2.24, 2.45) is 10.9 Å². The Hall–Kier alpha value is -0.770. The highest BCUT2D eigenvalue weighted by molar-refractivity contribution is 5.80. The fourth-order valence-electron chi connectivity index (χ4n) is 3.70. The molecule has 1 saturated carbocycles. The highest BCUT2D eigenvalue weighted by Gasteiger charge is 2.41. The molecule has 2 aliphatic heterocycles. The third-order valence-corrected chi connectivity index (χ3v) is 4.75. The minimum Gasteiger partial charge on any atom is -0.373 e. The van der Waals surface area contributed by atoms with Crippen LogP contribution in [-0.2, 0) is 4.74 Å². The van der Waals surface area contributed by atoms with E-state index in [0.29, 0.717) is 18.2 Å². The van der Waals surface area contributed by atoms with E-state index in [2.05, 4.69) is 17.6 Å². The highest BCUT2D eigenvalue weighted by Crippen LogP contribution is 2.34. The molecule has 3 atom stereocenters. The van der Waals surface area contributed by atoms with Gasteiger partial charge in [0.15, 0.2) is 5.96 Å². The molecule has 4 nitrogen and oxygen atoms in total. The van der Waals surface area contributed by atoms with Crippen molar-refractivity contribution in [1.82, 2.24) is 10.6 Å². The van der Waals surface area contributed by atoms with Crippen molar-refractivity contribution in [2.75, 3.05) is 13.1 Å². The quantitative estimate of drug-likeness (QED) is 0.604. The Labute approximate surface area is 116 Å². The zero-order valence-electron chi connectivity index (χ0n) is 12.0. The summed E-state index contributed by atoms with van der Waals surface area (Å²) in [6.07, 6.45) is 10.0. The van der Waals surface area contributed by atoms with Crippen LogP contribution in [0.5, 0.6) is 0 Å². The Morgan fingerprint density at radius 1 is 1.21 bits per heavy atom. The Balaban J connectivity index is 1.52. The normalized spacial score (nSPS) is 35.0. The molecule has 2 bridgehead atoms. The molecule has 3 fully saturated rings. The van der Waals surface area contributed by atoms with Crippen molar-refractivity contribution in [1.29, 1.82) is 0 Å². The first kappa shape index (κ1) is 13.2. The van der Waals surface area contributed by atoms with Gasteiger partial charge in [-0.2, -0.15) is 0 Å². The molecule has 4 heteroatoms. The molecular formula is C15H27N3O. The summed E-state index contributed by atoms with van der Waals surface area (Å²) >= 11 is 0. The molecule has 0 aromatic carbocycles. The van der Waals surface area contributed by atoms with Crippen LogP contribution in [-0.4, -0.2) is 37.3 Å². The minimum atomic E-state index is 0.417. The van der Waals surface area contributed by atoms with Crippen molar-refractivity contribution < 1.29 is 4.74 Å². The second-order valence-electron chi connectivity index (χ2n) is 6.23. The van der Waals surface area contributed by atoms with Crippen LogP contribution in [0.4, 0.5) is 0 Å². The maximum Gasteiger partial charge on any atom is 0.191 e. The van der Waals surface area contributed by atoms with E-state index in [-0.39, 0.29) is 0 Å². The molecule has 0 radical (unpaired) electrons. The summed E-state index contributed by atoms with van der Waals surface area (Å²) in [6, 6.07) is 0.472. The van der Waals surface area contributed by atoms with E-state index in [9.17, 15) is 0 Å². The SMILES string of the molecule is CCNC(=NCC1CCCC1)NC1CC2CCC1O2. The van der Waals surface area contributed by atoms with Crippen LogP contribution >= 0.6 is 0 Å². The first-order valence-electron chi connectivity index (χ1n) is 8.05. The van der Waals surface area contributed by atoms with Gasteiger partial charge in [0.05, 0.1) is 18.2 Å². The summed E-state index contributed by atoms with van der Waals surface area (Å²) < 4.78 is 5.90. The molecule has 3 aliphatic rings. The number of hydrogen-bond acceptors (Lipinski definition) is 2. The molecule has 0 aromatic rings. The van der Waals surface area contributed by atoms with Crippen LogP contribution in [0.1, 0.15) is 51.9 Å². The first-order valence-corrected chi connectivity index (χ1v) is 8.05.